The highest BCUT2D eigenvalue weighted by Gasteiger charge is 2.27. The number of amides is 2. The van der Waals surface area contributed by atoms with Gasteiger partial charge in [0.15, 0.2) is 11.5 Å². The van der Waals surface area contributed by atoms with E-state index >= 15 is 0 Å². The second kappa shape index (κ2) is 11.7. The number of rotatable bonds is 8. The summed E-state index contributed by atoms with van der Waals surface area (Å²) >= 11 is 6.43. The van der Waals surface area contributed by atoms with Crippen molar-refractivity contribution in [2.24, 2.45) is 5.92 Å². The van der Waals surface area contributed by atoms with Crippen molar-refractivity contribution >= 4 is 23.4 Å². The molecule has 2 saturated heterocycles. The number of hydrogen-bond acceptors (Lipinski definition) is 6. The van der Waals surface area contributed by atoms with Crippen molar-refractivity contribution in [1.29, 1.82) is 0 Å². The third kappa shape index (κ3) is 6.49. The van der Waals surface area contributed by atoms with Crippen LogP contribution in [0.4, 0.5) is 0 Å². The molecule has 2 aliphatic rings. The molecule has 2 heterocycles. The lowest BCUT2D eigenvalue weighted by Gasteiger charge is -2.36. The van der Waals surface area contributed by atoms with E-state index in [9.17, 15) is 9.59 Å². The first-order chi connectivity index (χ1) is 15.4. The summed E-state index contributed by atoms with van der Waals surface area (Å²) in [4.78, 5) is 31.4. The molecule has 9 heteroatoms. The summed E-state index contributed by atoms with van der Waals surface area (Å²) in [6, 6.07) is 3.31. The Kier molecular flexibility index (Phi) is 9.02. The highest BCUT2D eigenvalue weighted by Crippen LogP contribution is 2.37. The van der Waals surface area contributed by atoms with E-state index in [0.29, 0.717) is 80.5 Å². The molecular formula is C23H34ClN3O5. The van der Waals surface area contributed by atoms with Gasteiger partial charge in [-0.1, -0.05) is 25.4 Å². The molecule has 0 atom stereocenters. The summed E-state index contributed by atoms with van der Waals surface area (Å²) in [5.41, 5.74) is 0.455. The van der Waals surface area contributed by atoms with Crippen molar-refractivity contribution in [3.63, 3.8) is 0 Å². The highest BCUT2D eigenvalue weighted by atomic mass is 35.5. The van der Waals surface area contributed by atoms with E-state index in [1.807, 2.05) is 4.90 Å². The summed E-state index contributed by atoms with van der Waals surface area (Å²) < 4.78 is 16.6. The maximum absolute atomic E-state index is 13.1. The van der Waals surface area contributed by atoms with E-state index < -0.39 is 0 Å². The van der Waals surface area contributed by atoms with Crippen LogP contribution in [0.25, 0.3) is 0 Å². The van der Waals surface area contributed by atoms with Crippen molar-refractivity contribution in [3.05, 3.63) is 22.7 Å². The molecule has 2 amide bonds. The van der Waals surface area contributed by atoms with Crippen molar-refractivity contribution in [2.45, 2.75) is 20.3 Å². The molecule has 1 aromatic rings. The molecule has 3 rings (SSSR count). The first-order valence-corrected chi connectivity index (χ1v) is 11.6. The average molecular weight is 468 g/mol. The maximum atomic E-state index is 13.1. The van der Waals surface area contributed by atoms with Gasteiger partial charge in [0.05, 0.1) is 38.5 Å². The molecule has 1 aromatic carbocycles. The van der Waals surface area contributed by atoms with Gasteiger partial charge in [-0.05, 0) is 24.5 Å². The fraction of sp³-hybridized carbons (Fsp3) is 0.652. The van der Waals surface area contributed by atoms with Gasteiger partial charge in [-0.3, -0.25) is 14.5 Å². The Labute approximate surface area is 195 Å². The third-order valence-corrected chi connectivity index (χ3v) is 6.08. The minimum atomic E-state index is -0.126. The number of piperazine rings is 1. The van der Waals surface area contributed by atoms with Crippen molar-refractivity contribution in [2.75, 3.05) is 72.7 Å². The van der Waals surface area contributed by atoms with E-state index in [1.54, 1.807) is 17.0 Å². The highest BCUT2D eigenvalue weighted by molar-refractivity contribution is 6.32. The predicted octanol–water partition coefficient (Wildman–Crippen LogP) is 2.39. The van der Waals surface area contributed by atoms with E-state index in [-0.39, 0.29) is 11.8 Å². The molecule has 0 spiro atoms. The van der Waals surface area contributed by atoms with Gasteiger partial charge in [0, 0.05) is 44.8 Å². The van der Waals surface area contributed by atoms with Gasteiger partial charge in [0.25, 0.3) is 5.91 Å². The molecule has 0 aromatic heterocycles. The number of halogens is 1. The van der Waals surface area contributed by atoms with Crippen LogP contribution in [0.2, 0.25) is 5.02 Å². The lowest BCUT2D eigenvalue weighted by molar-refractivity contribution is -0.134. The van der Waals surface area contributed by atoms with Gasteiger partial charge in [0.1, 0.15) is 0 Å². The molecular weight excluding hydrogens is 434 g/mol. The normalized spacial score (nSPS) is 17.5. The Bertz CT molecular complexity index is 790. The summed E-state index contributed by atoms with van der Waals surface area (Å²) in [6.45, 7) is 10.1. The number of methoxy groups -OCH3 is 1. The van der Waals surface area contributed by atoms with Gasteiger partial charge in [-0.2, -0.15) is 0 Å². The van der Waals surface area contributed by atoms with Gasteiger partial charge < -0.3 is 24.0 Å². The Morgan fingerprint density at radius 3 is 2.34 bits per heavy atom. The molecule has 0 radical (unpaired) electrons. The van der Waals surface area contributed by atoms with Crippen LogP contribution in [0.15, 0.2) is 12.1 Å². The van der Waals surface area contributed by atoms with Gasteiger partial charge in [-0.15, -0.1) is 0 Å². The van der Waals surface area contributed by atoms with E-state index in [4.69, 9.17) is 25.8 Å². The molecule has 0 N–H and O–H groups in total. The molecule has 0 bridgehead atoms. The molecule has 8 nitrogen and oxygen atoms in total. The number of hydrogen-bond donors (Lipinski definition) is 0. The number of nitrogens with zero attached hydrogens (tertiary/aromatic N) is 3. The van der Waals surface area contributed by atoms with E-state index in [0.717, 1.165) is 19.5 Å². The quantitative estimate of drug-likeness (QED) is 0.584. The molecule has 0 unspecified atom stereocenters. The molecule has 0 saturated carbocycles. The Balaban J connectivity index is 1.57. The SMILES string of the molecule is COc1cc(C(=O)N2CCN(C(=O)CN3CCOCC3)CC2)cc(Cl)c1OCCC(C)C. The van der Waals surface area contributed by atoms with Gasteiger partial charge in [0.2, 0.25) is 5.91 Å². The minimum Gasteiger partial charge on any atom is -0.493 e. The zero-order valence-corrected chi connectivity index (χ0v) is 20.0. The standard InChI is InChI=1S/C23H34ClN3O5/c1-17(2)4-11-32-22-19(24)14-18(15-20(22)30-3)23(29)27-7-5-26(6-8-27)21(28)16-25-9-12-31-13-10-25/h14-15,17H,4-13,16H2,1-3H3. The van der Waals surface area contributed by atoms with Crippen LogP contribution in [-0.2, 0) is 9.53 Å². The number of ether oxygens (including phenoxy) is 3. The molecule has 0 aliphatic carbocycles. The number of benzene rings is 1. The molecule has 2 aliphatic heterocycles. The second-order valence-electron chi connectivity index (χ2n) is 8.58. The zero-order chi connectivity index (χ0) is 23.1. The summed E-state index contributed by atoms with van der Waals surface area (Å²) in [5.74, 6) is 1.40. The maximum Gasteiger partial charge on any atom is 0.254 e. The molecule has 178 valence electrons. The summed E-state index contributed by atoms with van der Waals surface area (Å²) in [6.07, 6.45) is 0.898. The van der Waals surface area contributed by atoms with Gasteiger partial charge in [-0.25, -0.2) is 0 Å². The van der Waals surface area contributed by atoms with E-state index in [1.165, 1.54) is 7.11 Å². The van der Waals surface area contributed by atoms with Crippen LogP contribution >= 0.6 is 11.6 Å². The van der Waals surface area contributed by atoms with Crippen molar-refractivity contribution < 1.29 is 23.8 Å². The van der Waals surface area contributed by atoms with Crippen LogP contribution < -0.4 is 9.47 Å². The predicted molar refractivity (Wildman–Crippen MR) is 123 cm³/mol. The fourth-order valence-corrected chi connectivity index (χ4v) is 4.04. The second-order valence-corrected chi connectivity index (χ2v) is 8.99. The van der Waals surface area contributed by atoms with Crippen molar-refractivity contribution in [1.82, 2.24) is 14.7 Å². The monoisotopic (exact) mass is 467 g/mol. The van der Waals surface area contributed by atoms with E-state index in [2.05, 4.69) is 18.7 Å². The Morgan fingerprint density at radius 2 is 1.72 bits per heavy atom. The Morgan fingerprint density at radius 1 is 1.06 bits per heavy atom. The van der Waals surface area contributed by atoms with Crippen LogP contribution in [0, 0.1) is 5.92 Å². The van der Waals surface area contributed by atoms with Crippen LogP contribution in [0.1, 0.15) is 30.6 Å². The molecule has 2 fully saturated rings. The fourth-order valence-electron chi connectivity index (χ4n) is 3.77. The van der Waals surface area contributed by atoms with Crippen molar-refractivity contribution in [3.8, 4) is 11.5 Å². The average Bonchev–Trinajstić information content (AvgIpc) is 2.80. The summed E-state index contributed by atoms with van der Waals surface area (Å²) in [5, 5.41) is 0.357. The van der Waals surface area contributed by atoms with Crippen LogP contribution in [-0.4, -0.2) is 99.3 Å². The van der Waals surface area contributed by atoms with Crippen LogP contribution in [0.3, 0.4) is 0 Å². The van der Waals surface area contributed by atoms with Gasteiger partial charge >= 0.3 is 0 Å². The Hall–Kier alpha value is -2.03. The number of carbonyl (C=O) groups is 2. The number of morpholine rings is 1. The first kappa shape index (κ1) is 24.6. The number of carbonyl (C=O) groups excluding carboxylic acids is 2. The molecule has 32 heavy (non-hydrogen) atoms. The summed E-state index contributed by atoms with van der Waals surface area (Å²) in [7, 11) is 1.54. The minimum absolute atomic E-state index is 0.103. The third-order valence-electron chi connectivity index (χ3n) is 5.80. The van der Waals surface area contributed by atoms with Crippen LogP contribution in [0.5, 0.6) is 11.5 Å². The lowest BCUT2D eigenvalue weighted by atomic mass is 10.1. The smallest absolute Gasteiger partial charge is 0.254 e. The lowest BCUT2D eigenvalue weighted by Crippen LogP contribution is -2.53. The first-order valence-electron chi connectivity index (χ1n) is 11.3. The zero-order valence-electron chi connectivity index (χ0n) is 19.3. The topological polar surface area (TPSA) is 71.6 Å². The largest absolute Gasteiger partial charge is 0.493 e.